The van der Waals surface area contributed by atoms with Gasteiger partial charge in [0.25, 0.3) is 0 Å². The smallest absolute Gasteiger partial charge is 0.308 e. The average molecular weight is 446 g/mol. The summed E-state index contributed by atoms with van der Waals surface area (Å²) in [4.78, 5) is 34.6. The Labute approximate surface area is 154 Å². The Morgan fingerprint density at radius 1 is 1.08 bits per heavy atom. The van der Waals surface area contributed by atoms with Crippen LogP contribution in [-0.4, -0.2) is 23.8 Å². The number of imidazole rings is 1. The van der Waals surface area contributed by atoms with Crippen LogP contribution in [0.1, 0.15) is 0 Å². The molecule has 9 heteroatoms. The van der Waals surface area contributed by atoms with Crippen molar-refractivity contribution in [2.75, 3.05) is 10.6 Å². The summed E-state index contributed by atoms with van der Waals surface area (Å²) in [7, 11) is 0. The van der Waals surface area contributed by atoms with E-state index in [1.807, 2.05) is 65.3 Å². The number of halogens is 1. The first-order valence-electron chi connectivity index (χ1n) is 7.30. The minimum atomic E-state index is -0.461. The number of H-pyrrole nitrogens is 1. The number of hydrogen-bond acceptors (Lipinski definition) is 4. The van der Waals surface area contributed by atoms with E-state index in [1.54, 1.807) is 0 Å². The number of aromatic nitrogens is 4. The van der Waals surface area contributed by atoms with Crippen molar-refractivity contribution in [3.05, 3.63) is 59.3 Å². The number of urea groups is 1. The highest BCUT2D eigenvalue weighted by Gasteiger charge is 2.13. The molecule has 0 aliphatic heterocycles. The molecule has 0 spiro atoms. The number of aromatic amines is 1. The van der Waals surface area contributed by atoms with Crippen LogP contribution in [0.5, 0.6) is 0 Å². The lowest BCUT2D eigenvalue weighted by Crippen LogP contribution is -2.20. The molecule has 0 aliphatic rings. The minimum absolute atomic E-state index is 0.232. The molecule has 8 nitrogen and oxygen atoms in total. The van der Waals surface area contributed by atoms with E-state index in [1.165, 1.54) is 9.11 Å². The Kier molecular flexibility index (Phi) is 3.84. The Morgan fingerprint density at radius 3 is 2.72 bits per heavy atom. The molecular formula is C16H11IN6O2. The summed E-state index contributed by atoms with van der Waals surface area (Å²) in [6.45, 7) is 0. The van der Waals surface area contributed by atoms with Crippen molar-refractivity contribution in [3.8, 4) is 0 Å². The zero-order chi connectivity index (χ0) is 17.4. The van der Waals surface area contributed by atoms with Gasteiger partial charge in [-0.15, -0.1) is 0 Å². The molecule has 0 bridgehead atoms. The van der Waals surface area contributed by atoms with Crippen molar-refractivity contribution in [1.29, 1.82) is 0 Å². The van der Waals surface area contributed by atoms with Gasteiger partial charge >= 0.3 is 11.7 Å². The standard InChI is InChI=1S/C16H11IN6O2/c17-23-14-12(21-16(23)25)13(18-8-19-14)22-15(24)20-11-6-5-9-3-1-2-4-10(9)7-11/h1-8H,(H,21,25)(H2,18,19,20,22,24). The van der Waals surface area contributed by atoms with Crippen LogP contribution in [0.3, 0.4) is 0 Å². The van der Waals surface area contributed by atoms with Crippen LogP contribution in [0.2, 0.25) is 0 Å². The highest BCUT2D eigenvalue weighted by atomic mass is 127. The third-order valence-electron chi connectivity index (χ3n) is 3.66. The molecule has 2 aromatic heterocycles. The fraction of sp³-hybridized carbons (Fsp3) is 0. The van der Waals surface area contributed by atoms with E-state index in [-0.39, 0.29) is 11.5 Å². The Balaban J connectivity index is 1.59. The topological polar surface area (TPSA) is 105 Å². The lowest BCUT2D eigenvalue weighted by Gasteiger charge is -2.08. The monoisotopic (exact) mass is 446 g/mol. The zero-order valence-corrected chi connectivity index (χ0v) is 14.8. The van der Waals surface area contributed by atoms with Crippen LogP contribution in [0.15, 0.2) is 53.6 Å². The first-order chi connectivity index (χ1) is 12.1. The first kappa shape index (κ1) is 15.6. The van der Waals surface area contributed by atoms with Crippen LogP contribution < -0.4 is 16.3 Å². The molecule has 0 fully saturated rings. The third-order valence-corrected chi connectivity index (χ3v) is 4.56. The molecular weight excluding hydrogens is 435 g/mol. The van der Waals surface area contributed by atoms with Crippen LogP contribution in [0.4, 0.5) is 16.3 Å². The SMILES string of the molecule is O=C(Nc1ccc2ccccc2c1)Nc1ncnc2c1[nH]c(=O)n2I. The normalized spacial score (nSPS) is 10.9. The van der Waals surface area contributed by atoms with Gasteiger partial charge in [-0.2, -0.15) is 0 Å². The average Bonchev–Trinajstić information content (AvgIpc) is 2.91. The number of hydrogen-bond donors (Lipinski definition) is 3. The van der Waals surface area contributed by atoms with Crippen molar-refractivity contribution < 1.29 is 4.79 Å². The van der Waals surface area contributed by atoms with Gasteiger partial charge in [-0.25, -0.2) is 22.3 Å². The fourth-order valence-electron chi connectivity index (χ4n) is 2.52. The van der Waals surface area contributed by atoms with Gasteiger partial charge in [0.1, 0.15) is 11.8 Å². The molecule has 0 aliphatic carbocycles. The molecule has 4 rings (SSSR count). The van der Waals surface area contributed by atoms with Crippen LogP contribution in [-0.2, 0) is 0 Å². The molecule has 4 aromatic rings. The van der Waals surface area contributed by atoms with E-state index in [0.717, 1.165) is 10.8 Å². The summed E-state index contributed by atoms with van der Waals surface area (Å²) in [6.07, 6.45) is 1.29. The molecule has 25 heavy (non-hydrogen) atoms. The number of nitrogens with zero attached hydrogens (tertiary/aromatic N) is 3. The summed E-state index contributed by atoms with van der Waals surface area (Å²) >= 11 is 1.83. The predicted octanol–water partition coefficient (Wildman–Crippen LogP) is 3.11. The maximum Gasteiger partial charge on any atom is 0.336 e. The predicted molar refractivity (Wildman–Crippen MR) is 104 cm³/mol. The Bertz CT molecular complexity index is 1170. The summed E-state index contributed by atoms with van der Waals surface area (Å²) in [5.41, 5.74) is 1.09. The van der Waals surface area contributed by atoms with Crippen molar-refractivity contribution in [2.45, 2.75) is 0 Å². The number of amides is 2. The number of carbonyl (C=O) groups excluding carboxylic acids is 1. The molecule has 124 valence electrons. The van der Waals surface area contributed by atoms with Gasteiger partial charge in [-0.3, -0.25) is 5.32 Å². The van der Waals surface area contributed by atoms with Gasteiger partial charge in [0.2, 0.25) is 0 Å². The van der Waals surface area contributed by atoms with Crippen molar-refractivity contribution in [3.63, 3.8) is 0 Å². The van der Waals surface area contributed by atoms with Crippen LogP contribution >= 0.6 is 22.9 Å². The molecule has 2 aromatic carbocycles. The minimum Gasteiger partial charge on any atom is -0.308 e. The molecule has 0 unspecified atom stereocenters. The van der Waals surface area contributed by atoms with Crippen molar-refractivity contribution >= 4 is 62.3 Å². The third kappa shape index (κ3) is 2.93. The quantitative estimate of drug-likeness (QED) is 0.412. The zero-order valence-electron chi connectivity index (χ0n) is 12.7. The fourth-order valence-corrected chi connectivity index (χ4v) is 3.01. The van der Waals surface area contributed by atoms with E-state index in [4.69, 9.17) is 0 Å². The molecule has 0 saturated heterocycles. The number of benzene rings is 2. The summed E-state index contributed by atoms with van der Waals surface area (Å²) < 4.78 is 1.32. The van der Waals surface area contributed by atoms with E-state index < -0.39 is 6.03 Å². The molecule has 0 saturated carbocycles. The molecule has 2 amide bonds. The first-order valence-corrected chi connectivity index (χ1v) is 8.27. The largest absolute Gasteiger partial charge is 0.336 e. The second-order valence-corrected chi connectivity index (χ2v) is 6.24. The van der Waals surface area contributed by atoms with Crippen molar-refractivity contribution in [2.24, 2.45) is 0 Å². The number of anilines is 2. The summed E-state index contributed by atoms with van der Waals surface area (Å²) in [5, 5.41) is 7.51. The lowest BCUT2D eigenvalue weighted by atomic mass is 10.1. The van der Waals surface area contributed by atoms with Gasteiger partial charge in [0.05, 0.1) is 22.9 Å². The maximum atomic E-state index is 12.3. The number of rotatable bonds is 2. The van der Waals surface area contributed by atoms with E-state index in [2.05, 4.69) is 25.6 Å². The second-order valence-electron chi connectivity index (χ2n) is 5.27. The second kappa shape index (κ2) is 6.16. The van der Waals surface area contributed by atoms with E-state index >= 15 is 0 Å². The van der Waals surface area contributed by atoms with Gasteiger partial charge in [0, 0.05) is 5.69 Å². The summed E-state index contributed by atoms with van der Waals surface area (Å²) in [6, 6.07) is 13.0. The number of fused-ring (bicyclic) bond motifs is 2. The Hall–Kier alpha value is -2.95. The van der Waals surface area contributed by atoms with E-state index in [9.17, 15) is 9.59 Å². The molecule has 0 atom stereocenters. The highest BCUT2D eigenvalue weighted by Crippen LogP contribution is 2.20. The van der Waals surface area contributed by atoms with Gasteiger partial charge in [-0.1, -0.05) is 30.3 Å². The van der Waals surface area contributed by atoms with Gasteiger partial charge in [-0.05, 0) is 22.9 Å². The van der Waals surface area contributed by atoms with E-state index in [0.29, 0.717) is 16.9 Å². The molecule has 0 radical (unpaired) electrons. The van der Waals surface area contributed by atoms with Crippen molar-refractivity contribution in [1.82, 2.24) is 17.7 Å². The molecule has 2 heterocycles. The van der Waals surface area contributed by atoms with Crippen LogP contribution in [0.25, 0.3) is 21.9 Å². The number of nitrogens with one attached hydrogen (secondary N) is 3. The highest BCUT2D eigenvalue weighted by molar-refractivity contribution is 14.1. The van der Waals surface area contributed by atoms with Crippen LogP contribution in [0, 0.1) is 0 Å². The summed E-state index contributed by atoms with van der Waals surface area (Å²) in [5.74, 6) is 0.232. The van der Waals surface area contributed by atoms with Gasteiger partial charge < -0.3 is 10.3 Å². The van der Waals surface area contributed by atoms with Gasteiger partial charge in [0.15, 0.2) is 11.5 Å². The maximum absolute atomic E-state index is 12.3. The number of carbonyl (C=O) groups is 1. The Morgan fingerprint density at radius 2 is 1.88 bits per heavy atom. The molecule has 3 N–H and O–H groups in total. The lowest BCUT2D eigenvalue weighted by molar-refractivity contribution is 0.262.